The van der Waals surface area contributed by atoms with Gasteiger partial charge < -0.3 is 10.4 Å². The van der Waals surface area contributed by atoms with Gasteiger partial charge in [0.15, 0.2) is 0 Å². The van der Waals surface area contributed by atoms with Crippen LogP contribution >= 0.6 is 0 Å². The Labute approximate surface area is 114 Å². The molecule has 2 aromatic carbocycles. The van der Waals surface area contributed by atoms with Crippen LogP contribution in [0.15, 0.2) is 60.7 Å². The summed E-state index contributed by atoms with van der Waals surface area (Å²) in [6.45, 7) is 2.76. The van der Waals surface area contributed by atoms with E-state index in [4.69, 9.17) is 0 Å². The van der Waals surface area contributed by atoms with Crippen molar-refractivity contribution in [2.24, 2.45) is 0 Å². The molecule has 2 nitrogen and oxygen atoms in total. The predicted molar refractivity (Wildman–Crippen MR) is 79.9 cm³/mol. The number of benzene rings is 2. The zero-order valence-electron chi connectivity index (χ0n) is 11.1. The summed E-state index contributed by atoms with van der Waals surface area (Å²) in [5.41, 5.74) is 2.11. The van der Waals surface area contributed by atoms with Crippen LogP contribution in [-0.2, 0) is 6.54 Å². The molecule has 1 atom stereocenters. The van der Waals surface area contributed by atoms with Crippen LogP contribution in [0, 0.1) is 0 Å². The molecule has 0 aromatic heterocycles. The molecule has 0 bridgehead atoms. The first-order chi connectivity index (χ1) is 9.25. The summed E-state index contributed by atoms with van der Waals surface area (Å²) in [6.07, 6.45) is 4.22. The van der Waals surface area contributed by atoms with Gasteiger partial charge >= 0.3 is 0 Å². The summed E-state index contributed by atoms with van der Waals surface area (Å²) in [5.74, 6) is 0.342. The first-order valence-electron chi connectivity index (χ1n) is 6.49. The molecule has 0 fully saturated rings. The quantitative estimate of drug-likeness (QED) is 0.853. The number of rotatable bonds is 5. The molecule has 0 saturated carbocycles. The van der Waals surface area contributed by atoms with Crippen LogP contribution in [0.2, 0.25) is 0 Å². The Morgan fingerprint density at radius 2 is 1.74 bits per heavy atom. The van der Waals surface area contributed by atoms with E-state index in [9.17, 15) is 5.11 Å². The highest BCUT2D eigenvalue weighted by Gasteiger charge is 2.01. The Bertz CT molecular complexity index is 534. The first-order valence-corrected chi connectivity index (χ1v) is 6.49. The number of para-hydroxylation sites is 1. The van der Waals surface area contributed by atoms with Crippen molar-refractivity contribution in [3.8, 4) is 5.75 Å². The lowest BCUT2D eigenvalue weighted by Gasteiger charge is -2.10. The van der Waals surface area contributed by atoms with Crippen molar-refractivity contribution in [2.75, 3.05) is 0 Å². The molecule has 0 saturated heterocycles. The van der Waals surface area contributed by atoms with Crippen LogP contribution in [0.1, 0.15) is 18.1 Å². The summed E-state index contributed by atoms with van der Waals surface area (Å²) < 4.78 is 0. The lowest BCUT2D eigenvalue weighted by atomic mass is 10.1. The smallest absolute Gasteiger partial charge is 0.120 e. The fraction of sp³-hybridized carbons (Fsp3) is 0.176. The first kappa shape index (κ1) is 13.4. The molecule has 0 aliphatic heterocycles. The maximum Gasteiger partial charge on any atom is 0.120 e. The zero-order chi connectivity index (χ0) is 13.5. The van der Waals surface area contributed by atoms with Gasteiger partial charge in [-0.2, -0.15) is 0 Å². The van der Waals surface area contributed by atoms with E-state index in [1.54, 1.807) is 6.07 Å². The summed E-state index contributed by atoms with van der Waals surface area (Å²) in [7, 11) is 0. The zero-order valence-corrected chi connectivity index (χ0v) is 11.1. The molecule has 2 aromatic rings. The third-order valence-electron chi connectivity index (χ3n) is 2.98. The lowest BCUT2D eigenvalue weighted by molar-refractivity contribution is 0.463. The molecule has 1 unspecified atom stereocenters. The molecule has 0 radical (unpaired) electrons. The standard InChI is InChI=1S/C17H19NO/c1-14(11-12-15-7-3-2-4-8-15)18-13-16-9-5-6-10-17(16)19/h2-12,14,18-19H,13H2,1H3/b12-11+. The predicted octanol–water partition coefficient (Wildman–Crippen LogP) is 3.58. The van der Waals surface area contributed by atoms with Crippen molar-refractivity contribution in [1.82, 2.24) is 5.32 Å². The fourth-order valence-corrected chi connectivity index (χ4v) is 1.82. The van der Waals surface area contributed by atoms with E-state index in [1.165, 1.54) is 5.56 Å². The van der Waals surface area contributed by atoms with Crippen molar-refractivity contribution < 1.29 is 5.11 Å². The van der Waals surface area contributed by atoms with Crippen molar-refractivity contribution in [2.45, 2.75) is 19.5 Å². The third kappa shape index (κ3) is 4.27. The monoisotopic (exact) mass is 253 g/mol. The second-order valence-electron chi connectivity index (χ2n) is 4.57. The van der Waals surface area contributed by atoms with Crippen LogP contribution in [0.5, 0.6) is 5.75 Å². The van der Waals surface area contributed by atoms with E-state index >= 15 is 0 Å². The van der Waals surface area contributed by atoms with Gasteiger partial charge in [0, 0.05) is 18.2 Å². The van der Waals surface area contributed by atoms with Gasteiger partial charge in [-0.05, 0) is 18.6 Å². The van der Waals surface area contributed by atoms with Gasteiger partial charge in [-0.15, -0.1) is 0 Å². The molecule has 0 aliphatic carbocycles. The Balaban J connectivity index is 1.87. The molecule has 19 heavy (non-hydrogen) atoms. The van der Waals surface area contributed by atoms with E-state index < -0.39 is 0 Å². The number of hydrogen-bond acceptors (Lipinski definition) is 2. The lowest BCUT2D eigenvalue weighted by Crippen LogP contribution is -2.23. The maximum absolute atomic E-state index is 9.67. The Hall–Kier alpha value is -2.06. The largest absolute Gasteiger partial charge is 0.508 e. The van der Waals surface area contributed by atoms with Crippen molar-refractivity contribution in [1.29, 1.82) is 0 Å². The summed E-state index contributed by atoms with van der Waals surface area (Å²) in [5, 5.41) is 13.0. The molecule has 2 heteroatoms. The minimum absolute atomic E-state index is 0.250. The average Bonchev–Trinajstić information content (AvgIpc) is 2.45. The van der Waals surface area contributed by atoms with Crippen LogP contribution in [0.3, 0.4) is 0 Å². The van der Waals surface area contributed by atoms with Gasteiger partial charge in [-0.25, -0.2) is 0 Å². The van der Waals surface area contributed by atoms with Gasteiger partial charge in [0.2, 0.25) is 0 Å². The molecule has 2 N–H and O–H groups in total. The molecular formula is C17H19NO. The highest BCUT2D eigenvalue weighted by Crippen LogP contribution is 2.15. The van der Waals surface area contributed by atoms with E-state index in [1.807, 2.05) is 36.4 Å². The second kappa shape index (κ2) is 6.76. The molecule has 0 amide bonds. The Morgan fingerprint density at radius 1 is 1.05 bits per heavy atom. The Kier molecular flexibility index (Phi) is 4.76. The van der Waals surface area contributed by atoms with Gasteiger partial charge in [0.1, 0.15) is 5.75 Å². The topological polar surface area (TPSA) is 32.3 Å². The number of hydrogen-bond donors (Lipinski definition) is 2. The van der Waals surface area contributed by atoms with Crippen molar-refractivity contribution in [3.05, 3.63) is 71.8 Å². The van der Waals surface area contributed by atoms with E-state index in [0.717, 1.165) is 5.56 Å². The molecule has 2 rings (SSSR count). The van der Waals surface area contributed by atoms with E-state index in [2.05, 4.69) is 36.5 Å². The number of phenolic OH excluding ortho intramolecular Hbond substituents is 1. The maximum atomic E-state index is 9.67. The number of nitrogens with one attached hydrogen (secondary N) is 1. The second-order valence-corrected chi connectivity index (χ2v) is 4.57. The van der Waals surface area contributed by atoms with Crippen LogP contribution in [0.4, 0.5) is 0 Å². The van der Waals surface area contributed by atoms with Crippen LogP contribution in [0.25, 0.3) is 6.08 Å². The molecule has 0 aliphatic rings. The Morgan fingerprint density at radius 3 is 2.47 bits per heavy atom. The minimum Gasteiger partial charge on any atom is -0.508 e. The molecule has 0 heterocycles. The van der Waals surface area contributed by atoms with Crippen LogP contribution < -0.4 is 5.32 Å². The number of aromatic hydroxyl groups is 1. The van der Waals surface area contributed by atoms with Gasteiger partial charge in [0.25, 0.3) is 0 Å². The highest BCUT2D eigenvalue weighted by molar-refractivity contribution is 5.49. The molecule has 0 spiro atoms. The number of phenols is 1. The van der Waals surface area contributed by atoms with Gasteiger partial charge in [0.05, 0.1) is 0 Å². The van der Waals surface area contributed by atoms with Crippen LogP contribution in [-0.4, -0.2) is 11.1 Å². The van der Waals surface area contributed by atoms with E-state index in [-0.39, 0.29) is 6.04 Å². The average molecular weight is 253 g/mol. The fourth-order valence-electron chi connectivity index (χ4n) is 1.82. The highest BCUT2D eigenvalue weighted by atomic mass is 16.3. The third-order valence-corrected chi connectivity index (χ3v) is 2.98. The summed E-state index contributed by atoms with van der Waals surface area (Å²) in [4.78, 5) is 0. The molecule has 98 valence electrons. The van der Waals surface area contributed by atoms with Gasteiger partial charge in [-0.3, -0.25) is 0 Å². The normalized spacial score (nSPS) is 12.7. The SMILES string of the molecule is CC(/C=C/c1ccccc1)NCc1ccccc1O. The summed E-state index contributed by atoms with van der Waals surface area (Å²) >= 11 is 0. The minimum atomic E-state index is 0.250. The van der Waals surface area contributed by atoms with Crippen molar-refractivity contribution in [3.63, 3.8) is 0 Å². The van der Waals surface area contributed by atoms with Crippen molar-refractivity contribution >= 4 is 6.08 Å². The molecular weight excluding hydrogens is 234 g/mol. The van der Waals surface area contributed by atoms with E-state index in [0.29, 0.717) is 12.3 Å². The van der Waals surface area contributed by atoms with Gasteiger partial charge in [-0.1, -0.05) is 60.7 Å². The summed E-state index contributed by atoms with van der Waals surface area (Å²) in [6, 6.07) is 17.9.